The smallest absolute Gasteiger partial charge is 0.501 e. The van der Waals surface area contributed by atoms with Crippen LogP contribution in [-0.4, -0.2) is 68.7 Å². The average molecular weight is 212 g/mol. The fourth-order valence-corrected chi connectivity index (χ4v) is 1.96. The third kappa shape index (κ3) is 1.84. The summed E-state index contributed by atoms with van der Waals surface area (Å²) in [5.41, 5.74) is 0. The van der Waals surface area contributed by atoms with Gasteiger partial charge in [-0.05, 0) is 14.1 Å². The summed E-state index contributed by atoms with van der Waals surface area (Å²) >= 11 is 0. The molecule has 82 valence electrons. The molecule has 0 unspecified atom stereocenters. The lowest BCUT2D eigenvalue weighted by Gasteiger charge is -2.42. The van der Waals surface area contributed by atoms with E-state index in [1.165, 1.54) is 0 Å². The van der Waals surface area contributed by atoms with Gasteiger partial charge in [-0.25, -0.2) is 0 Å². The first kappa shape index (κ1) is 10.4. The van der Waals surface area contributed by atoms with Crippen molar-refractivity contribution in [1.82, 2.24) is 9.80 Å². The van der Waals surface area contributed by atoms with E-state index < -0.39 is 0 Å². The molecule has 0 aromatic rings. The number of hydrogen-bond acceptors (Lipinski definition) is 6. The van der Waals surface area contributed by atoms with Crippen LogP contribution in [0.15, 0.2) is 0 Å². The molecule has 0 radical (unpaired) electrons. The fourth-order valence-electron chi connectivity index (χ4n) is 1.96. The molecule has 0 aromatic carbocycles. The van der Waals surface area contributed by atoms with E-state index >= 15 is 0 Å². The molecule has 2 heterocycles. The molecule has 6 nitrogen and oxygen atoms in total. The van der Waals surface area contributed by atoms with E-state index in [0.29, 0.717) is 13.1 Å². The van der Waals surface area contributed by atoms with Gasteiger partial charge in [0, 0.05) is 13.1 Å². The molecule has 2 rings (SSSR count). The summed E-state index contributed by atoms with van der Waals surface area (Å²) in [6.07, 6.45) is 0. The summed E-state index contributed by atoms with van der Waals surface area (Å²) in [7, 11) is 3.35. The average Bonchev–Trinajstić information content (AvgIpc) is 2.19. The Morgan fingerprint density at radius 1 is 1.13 bits per heavy atom. The third-order valence-corrected chi connectivity index (χ3v) is 2.90. The zero-order valence-electron chi connectivity index (χ0n) is 8.80. The van der Waals surface area contributed by atoms with Crippen LogP contribution in [0.1, 0.15) is 0 Å². The van der Waals surface area contributed by atoms with E-state index in [1.807, 2.05) is 11.9 Å². The minimum absolute atomic E-state index is 0.262. The predicted octanol–water partition coefficient (Wildman–Crippen LogP) is -2.03. The van der Waals surface area contributed by atoms with Crippen LogP contribution >= 0.6 is 0 Å². The number of rotatable bonds is 0. The van der Waals surface area contributed by atoms with Crippen LogP contribution in [0.2, 0.25) is 0 Å². The Hall–Kier alpha value is -1.08. The maximum atomic E-state index is 11.6. The highest BCUT2D eigenvalue weighted by atomic mass is 16.6. The van der Waals surface area contributed by atoms with Gasteiger partial charge in [0.1, 0.15) is 12.1 Å². The molecule has 0 aliphatic carbocycles. The van der Waals surface area contributed by atoms with Gasteiger partial charge in [0.15, 0.2) is 0 Å². The van der Waals surface area contributed by atoms with Gasteiger partial charge in [-0.3, -0.25) is 14.5 Å². The van der Waals surface area contributed by atoms with Gasteiger partial charge in [-0.1, -0.05) is 0 Å². The van der Waals surface area contributed by atoms with Crippen molar-refractivity contribution < 1.29 is 18.9 Å². The van der Waals surface area contributed by atoms with E-state index in [4.69, 9.17) is 9.31 Å². The monoisotopic (exact) mass is 212 g/mol. The highest BCUT2D eigenvalue weighted by Gasteiger charge is 2.41. The largest absolute Gasteiger partial charge is 0.580 e. The van der Waals surface area contributed by atoms with Gasteiger partial charge in [-0.2, -0.15) is 0 Å². The van der Waals surface area contributed by atoms with Crippen molar-refractivity contribution in [3.63, 3.8) is 0 Å². The molecule has 0 spiro atoms. The normalized spacial score (nSPS) is 33.5. The van der Waals surface area contributed by atoms with Crippen LogP contribution in [0.3, 0.4) is 0 Å². The number of piperazine rings is 1. The van der Waals surface area contributed by atoms with E-state index in [9.17, 15) is 9.59 Å². The number of likely N-dealkylation sites (N-methyl/N-ethyl adjacent to an activating group) is 2. The zero-order valence-corrected chi connectivity index (χ0v) is 8.80. The summed E-state index contributed by atoms with van der Waals surface area (Å²) in [6, 6.07) is -0.747. The molecule has 2 saturated heterocycles. The first-order valence-corrected chi connectivity index (χ1v) is 4.83. The zero-order chi connectivity index (χ0) is 11.0. The van der Waals surface area contributed by atoms with Crippen LogP contribution in [0, 0.1) is 0 Å². The van der Waals surface area contributed by atoms with Crippen molar-refractivity contribution in [3.05, 3.63) is 0 Å². The Bertz CT molecular complexity index is 272. The molecule has 2 aliphatic rings. The number of carbonyl (C=O) groups is 2. The van der Waals surface area contributed by atoms with Gasteiger partial charge in [0.25, 0.3) is 0 Å². The SMILES string of the molecule is CN1C[C@@H]2C(=O)OBOC(=O)[C@H](C1)N2C. The lowest BCUT2D eigenvalue weighted by Crippen LogP contribution is -2.63. The quantitative estimate of drug-likeness (QED) is 0.431. The van der Waals surface area contributed by atoms with Crippen LogP contribution in [0.5, 0.6) is 0 Å². The maximum Gasteiger partial charge on any atom is 0.580 e. The van der Waals surface area contributed by atoms with Gasteiger partial charge in [0.05, 0.1) is 0 Å². The summed E-state index contributed by atoms with van der Waals surface area (Å²) in [5.74, 6) is -0.664. The van der Waals surface area contributed by atoms with Crippen LogP contribution in [0.4, 0.5) is 0 Å². The Morgan fingerprint density at radius 2 is 1.60 bits per heavy atom. The molecular formula is C8H13BN2O4. The molecule has 0 aromatic heterocycles. The lowest BCUT2D eigenvalue weighted by atomic mass is 10.1. The Labute approximate surface area is 88.4 Å². The van der Waals surface area contributed by atoms with Crippen molar-refractivity contribution in [2.75, 3.05) is 27.2 Å². The van der Waals surface area contributed by atoms with Crippen LogP contribution in [0.25, 0.3) is 0 Å². The molecule has 15 heavy (non-hydrogen) atoms. The minimum Gasteiger partial charge on any atom is -0.501 e. The molecule has 0 N–H and O–H groups in total. The fraction of sp³-hybridized carbons (Fsp3) is 0.750. The minimum atomic E-state index is -0.374. The maximum absolute atomic E-state index is 11.6. The van der Waals surface area contributed by atoms with E-state index in [0.717, 1.165) is 0 Å². The molecule has 2 fully saturated rings. The van der Waals surface area contributed by atoms with Crippen molar-refractivity contribution in [2.45, 2.75) is 12.1 Å². The van der Waals surface area contributed by atoms with Crippen LogP contribution in [-0.2, 0) is 18.9 Å². The van der Waals surface area contributed by atoms with Gasteiger partial charge < -0.3 is 14.2 Å². The number of hydrogen-bond donors (Lipinski definition) is 0. The van der Waals surface area contributed by atoms with Crippen molar-refractivity contribution in [1.29, 1.82) is 0 Å². The Morgan fingerprint density at radius 3 is 2.07 bits per heavy atom. The van der Waals surface area contributed by atoms with Gasteiger partial charge in [0.2, 0.25) is 0 Å². The summed E-state index contributed by atoms with van der Waals surface area (Å²) in [5, 5.41) is 0. The first-order chi connectivity index (χ1) is 7.09. The van der Waals surface area contributed by atoms with Crippen molar-refractivity contribution in [2.24, 2.45) is 0 Å². The van der Waals surface area contributed by atoms with E-state index in [2.05, 4.69) is 0 Å². The molecule has 0 saturated carbocycles. The lowest BCUT2D eigenvalue weighted by molar-refractivity contribution is -0.157. The molecule has 7 heteroatoms. The van der Waals surface area contributed by atoms with Gasteiger partial charge in [-0.15, -0.1) is 0 Å². The van der Waals surface area contributed by atoms with E-state index in [1.54, 1.807) is 11.9 Å². The molecule has 2 bridgehead atoms. The van der Waals surface area contributed by atoms with Gasteiger partial charge >= 0.3 is 19.6 Å². The second-order valence-electron chi connectivity index (χ2n) is 3.96. The number of fused-ring (bicyclic) bond motifs is 2. The standard InChI is InChI=1S/C8H13BN2O4/c1-10-3-5-7(12)14-9-15-8(13)6(4-10)11(5)2/h5-6,9H,3-4H2,1-2H3/t5-,6+. The van der Waals surface area contributed by atoms with E-state index in [-0.39, 0.29) is 31.7 Å². The third-order valence-electron chi connectivity index (χ3n) is 2.90. The highest BCUT2D eigenvalue weighted by Crippen LogP contribution is 2.16. The second kappa shape index (κ2) is 3.82. The Kier molecular flexibility index (Phi) is 2.66. The first-order valence-electron chi connectivity index (χ1n) is 4.83. The molecular weight excluding hydrogens is 199 g/mol. The van der Waals surface area contributed by atoms with Crippen molar-refractivity contribution in [3.8, 4) is 0 Å². The highest BCUT2D eigenvalue weighted by molar-refractivity contribution is 6.26. The van der Waals surface area contributed by atoms with Crippen LogP contribution < -0.4 is 0 Å². The number of nitrogens with zero attached hydrogens (tertiary/aromatic N) is 2. The summed E-state index contributed by atoms with van der Waals surface area (Å²) < 4.78 is 9.61. The Balaban J connectivity index is 2.24. The molecule has 2 atom stereocenters. The molecule has 0 amide bonds. The number of carbonyl (C=O) groups excluding carboxylic acids is 2. The topological polar surface area (TPSA) is 59.1 Å². The molecule has 2 aliphatic heterocycles. The predicted molar refractivity (Wildman–Crippen MR) is 52.2 cm³/mol. The summed E-state index contributed by atoms with van der Waals surface area (Å²) in [6.45, 7) is 1.16. The second-order valence-corrected chi connectivity index (χ2v) is 3.96. The summed E-state index contributed by atoms with van der Waals surface area (Å²) in [4.78, 5) is 26.8. The van der Waals surface area contributed by atoms with Crippen molar-refractivity contribution >= 4 is 19.6 Å².